The predicted octanol–water partition coefficient (Wildman–Crippen LogP) is 6.72. The van der Waals surface area contributed by atoms with Crippen LogP contribution in [-0.2, 0) is 11.3 Å². The molecule has 0 aliphatic carbocycles. The molecule has 0 bridgehead atoms. The summed E-state index contributed by atoms with van der Waals surface area (Å²) < 4.78 is 0. The lowest BCUT2D eigenvalue weighted by molar-refractivity contribution is -0.136. The molecule has 7 heteroatoms. The molecule has 0 aliphatic rings. The number of anilines is 1. The Morgan fingerprint density at radius 2 is 1.86 bits per heavy atom. The van der Waals surface area contributed by atoms with Gasteiger partial charge in [0.25, 0.3) is 0 Å². The van der Waals surface area contributed by atoms with Gasteiger partial charge in [0, 0.05) is 23.5 Å². The summed E-state index contributed by atoms with van der Waals surface area (Å²) in [6, 6.07) is 15.5. The summed E-state index contributed by atoms with van der Waals surface area (Å²) in [4.78, 5) is 19.2. The van der Waals surface area contributed by atoms with Crippen LogP contribution in [0.25, 0.3) is 11.3 Å². The van der Waals surface area contributed by atoms with E-state index in [-0.39, 0.29) is 12.3 Å². The minimum absolute atomic E-state index is 0.0472. The summed E-state index contributed by atoms with van der Waals surface area (Å²) in [5.41, 5.74) is 2.88. The first-order chi connectivity index (χ1) is 13.8. The van der Waals surface area contributed by atoms with Gasteiger partial charge in [-0.05, 0) is 23.6 Å². The second-order valence-corrected chi connectivity index (χ2v) is 8.87. The zero-order valence-corrected chi connectivity index (χ0v) is 18.6. The van der Waals surface area contributed by atoms with Crippen molar-refractivity contribution >= 4 is 45.6 Å². The number of carboxylic acid groups (broad SMARTS) is 1. The maximum atomic E-state index is 11.2. The van der Waals surface area contributed by atoms with Crippen molar-refractivity contribution in [2.45, 2.75) is 32.7 Å². The largest absolute Gasteiger partial charge is 0.481 e. The lowest BCUT2D eigenvalue weighted by atomic mass is 10.1. The van der Waals surface area contributed by atoms with Gasteiger partial charge in [0.15, 0.2) is 5.13 Å². The number of hydrogen-bond acceptors (Lipinski definition) is 4. The molecule has 0 spiro atoms. The number of halogens is 2. The number of carboxylic acids is 1. The second-order valence-electron chi connectivity index (χ2n) is 7.04. The van der Waals surface area contributed by atoms with E-state index < -0.39 is 5.97 Å². The topological polar surface area (TPSA) is 53.4 Å². The van der Waals surface area contributed by atoms with Crippen molar-refractivity contribution in [2.24, 2.45) is 0 Å². The molecule has 1 N–H and O–H groups in total. The van der Waals surface area contributed by atoms with E-state index in [1.165, 1.54) is 0 Å². The van der Waals surface area contributed by atoms with Gasteiger partial charge in [-0.1, -0.05) is 73.4 Å². The van der Waals surface area contributed by atoms with E-state index in [4.69, 9.17) is 28.2 Å². The third-order valence-corrected chi connectivity index (χ3v) is 6.60. The minimum atomic E-state index is -0.826. The molecule has 1 aromatic heterocycles. The van der Waals surface area contributed by atoms with E-state index in [2.05, 4.69) is 13.8 Å². The predicted molar refractivity (Wildman–Crippen MR) is 121 cm³/mol. The van der Waals surface area contributed by atoms with Crippen molar-refractivity contribution in [3.63, 3.8) is 0 Å². The van der Waals surface area contributed by atoms with Crippen LogP contribution in [0.1, 0.15) is 36.6 Å². The number of rotatable bonds is 8. The van der Waals surface area contributed by atoms with Crippen molar-refractivity contribution in [1.29, 1.82) is 0 Å². The lowest BCUT2D eigenvalue weighted by Gasteiger charge is -2.21. The molecule has 3 rings (SSSR count). The van der Waals surface area contributed by atoms with Gasteiger partial charge in [-0.2, -0.15) is 0 Å². The van der Waals surface area contributed by atoms with Crippen molar-refractivity contribution in [3.8, 4) is 11.3 Å². The highest BCUT2D eigenvalue weighted by Gasteiger charge is 2.21. The molecule has 0 amide bonds. The summed E-state index contributed by atoms with van der Waals surface area (Å²) in [6.07, 6.45) is 0.0472. The average molecular weight is 449 g/mol. The van der Waals surface area contributed by atoms with Gasteiger partial charge in [-0.15, -0.1) is 11.3 Å². The molecule has 1 heterocycles. The summed E-state index contributed by atoms with van der Waals surface area (Å²) in [7, 11) is 0. The Morgan fingerprint density at radius 1 is 1.14 bits per heavy atom. The zero-order chi connectivity index (χ0) is 21.0. The average Bonchev–Trinajstić information content (AvgIpc) is 3.13. The fraction of sp³-hybridized carbons (Fsp3) is 0.273. The van der Waals surface area contributed by atoms with Crippen LogP contribution >= 0.6 is 34.5 Å². The molecule has 4 nitrogen and oxygen atoms in total. The fourth-order valence-corrected chi connectivity index (χ4v) is 4.39. The Morgan fingerprint density at radius 3 is 2.48 bits per heavy atom. The number of nitrogens with zero attached hydrogens (tertiary/aromatic N) is 2. The van der Waals surface area contributed by atoms with Crippen molar-refractivity contribution in [3.05, 3.63) is 69.0 Å². The molecule has 0 radical (unpaired) electrons. The lowest BCUT2D eigenvalue weighted by Crippen LogP contribution is -2.25. The first-order valence-electron chi connectivity index (χ1n) is 9.32. The Kier molecular flexibility index (Phi) is 7.17. The molecule has 0 unspecified atom stereocenters. The van der Waals surface area contributed by atoms with Crippen molar-refractivity contribution < 1.29 is 9.90 Å². The first-order valence-corrected chi connectivity index (χ1v) is 10.9. The van der Waals surface area contributed by atoms with Gasteiger partial charge in [-0.25, -0.2) is 4.98 Å². The number of aliphatic carboxylic acids is 1. The molecule has 152 valence electrons. The Labute approximate surface area is 184 Å². The van der Waals surface area contributed by atoms with Crippen LogP contribution in [0.2, 0.25) is 10.0 Å². The summed E-state index contributed by atoms with van der Waals surface area (Å²) in [6.45, 7) is 5.23. The van der Waals surface area contributed by atoms with Crippen LogP contribution in [0, 0.1) is 0 Å². The number of carbonyl (C=O) groups is 1. The second kappa shape index (κ2) is 9.61. The van der Waals surface area contributed by atoms with Crippen LogP contribution < -0.4 is 4.90 Å². The summed E-state index contributed by atoms with van der Waals surface area (Å²) in [5.74, 6) is -0.558. The third-order valence-electron chi connectivity index (χ3n) is 4.44. The fourth-order valence-electron chi connectivity index (χ4n) is 2.97. The quantitative estimate of drug-likeness (QED) is 0.415. The summed E-state index contributed by atoms with van der Waals surface area (Å²) >= 11 is 13.9. The zero-order valence-electron chi connectivity index (χ0n) is 16.2. The van der Waals surface area contributed by atoms with Gasteiger partial charge in [0.2, 0.25) is 0 Å². The molecular formula is C22H22Cl2N2O2S. The van der Waals surface area contributed by atoms with Gasteiger partial charge in [0.1, 0.15) is 0 Å². The number of aromatic nitrogens is 1. The highest BCUT2D eigenvalue weighted by molar-refractivity contribution is 7.16. The van der Waals surface area contributed by atoms with Gasteiger partial charge >= 0.3 is 5.97 Å². The van der Waals surface area contributed by atoms with E-state index in [1.54, 1.807) is 17.4 Å². The van der Waals surface area contributed by atoms with Gasteiger partial charge < -0.3 is 10.0 Å². The van der Waals surface area contributed by atoms with E-state index >= 15 is 0 Å². The van der Waals surface area contributed by atoms with Crippen molar-refractivity contribution in [1.82, 2.24) is 4.98 Å². The van der Waals surface area contributed by atoms with Crippen LogP contribution in [0.5, 0.6) is 0 Å². The van der Waals surface area contributed by atoms with E-state index in [0.717, 1.165) is 26.8 Å². The molecule has 0 saturated carbocycles. The first kappa shape index (κ1) is 21.6. The van der Waals surface area contributed by atoms with Crippen LogP contribution in [0.4, 0.5) is 5.13 Å². The highest BCUT2D eigenvalue weighted by atomic mass is 35.5. The highest BCUT2D eigenvalue weighted by Crippen LogP contribution is 2.39. The van der Waals surface area contributed by atoms with Crippen LogP contribution in [0.3, 0.4) is 0 Å². The van der Waals surface area contributed by atoms with E-state index in [9.17, 15) is 9.90 Å². The molecule has 0 fully saturated rings. The van der Waals surface area contributed by atoms with Crippen LogP contribution in [-0.4, -0.2) is 22.6 Å². The normalized spacial score (nSPS) is 11.1. The Balaban J connectivity index is 2.00. The molecular weight excluding hydrogens is 427 g/mol. The minimum Gasteiger partial charge on any atom is -0.481 e. The Hall–Kier alpha value is -2.08. The maximum absolute atomic E-state index is 11.2. The van der Waals surface area contributed by atoms with E-state index in [1.807, 2.05) is 47.4 Å². The molecule has 2 aromatic carbocycles. The molecule has 0 aliphatic heterocycles. The smallest absolute Gasteiger partial charge is 0.305 e. The van der Waals surface area contributed by atoms with Gasteiger partial charge in [-0.3, -0.25) is 4.79 Å². The summed E-state index contributed by atoms with van der Waals surface area (Å²) in [5, 5.41) is 11.0. The number of thiazole rings is 1. The SMILES string of the molecule is CC(C)c1sc(N(CCC(=O)O)Cc2ccccc2)nc1-c1ccc(Cl)c(Cl)c1. The van der Waals surface area contributed by atoms with Crippen molar-refractivity contribution in [2.75, 3.05) is 11.4 Å². The molecule has 0 saturated heterocycles. The Bertz CT molecular complexity index is 990. The monoisotopic (exact) mass is 448 g/mol. The number of hydrogen-bond donors (Lipinski definition) is 1. The number of benzene rings is 2. The van der Waals surface area contributed by atoms with Gasteiger partial charge in [0.05, 0.1) is 22.2 Å². The molecule has 0 atom stereocenters. The molecule has 29 heavy (non-hydrogen) atoms. The molecule has 3 aromatic rings. The third kappa shape index (κ3) is 5.50. The van der Waals surface area contributed by atoms with E-state index in [0.29, 0.717) is 23.1 Å². The van der Waals surface area contributed by atoms with Crippen LogP contribution in [0.15, 0.2) is 48.5 Å². The standard InChI is InChI=1S/C22H22Cl2N2O2S/c1-14(2)21-20(16-8-9-17(23)18(24)12-16)25-22(29-21)26(11-10-19(27)28)13-15-6-4-3-5-7-15/h3-9,12,14H,10-11,13H2,1-2H3,(H,27,28). The maximum Gasteiger partial charge on any atom is 0.305 e.